The third kappa shape index (κ3) is 3.17. The van der Waals surface area contributed by atoms with Crippen molar-refractivity contribution in [2.24, 2.45) is 5.90 Å². The van der Waals surface area contributed by atoms with Crippen LogP contribution < -0.4 is 5.90 Å². The molecule has 2 N–H and O–H groups in total. The molecule has 7 heteroatoms. The van der Waals surface area contributed by atoms with Crippen molar-refractivity contribution in [2.45, 2.75) is 13.0 Å². The molecule has 1 aromatic carbocycles. The molecular formula is C10H9Cl2N3O2. The lowest BCUT2D eigenvalue weighted by atomic mass is 10.1. The zero-order chi connectivity index (χ0) is 12.3. The van der Waals surface area contributed by atoms with Gasteiger partial charge in [-0.1, -0.05) is 34.4 Å². The second kappa shape index (κ2) is 5.46. The van der Waals surface area contributed by atoms with Gasteiger partial charge in [-0.05, 0) is 17.7 Å². The molecule has 0 bridgehead atoms. The molecule has 2 aromatic rings. The first-order valence-electron chi connectivity index (χ1n) is 4.76. The second-order valence-corrected chi connectivity index (χ2v) is 4.15. The quantitative estimate of drug-likeness (QED) is 0.866. The summed E-state index contributed by atoms with van der Waals surface area (Å²) in [5.41, 5.74) is 0.945. The summed E-state index contributed by atoms with van der Waals surface area (Å²) in [6.07, 6.45) is 0.505. The normalized spacial score (nSPS) is 10.8. The zero-order valence-electron chi connectivity index (χ0n) is 8.69. The Morgan fingerprint density at radius 1 is 1.29 bits per heavy atom. The summed E-state index contributed by atoms with van der Waals surface area (Å²) in [4.78, 5) is 8.48. The van der Waals surface area contributed by atoms with Crippen LogP contribution in [-0.4, -0.2) is 10.1 Å². The molecule has 1 heterocycles. The average Bonchev–Trinajstić information content (AvgIpc) is 2.72. The maximum atomic E-state index is 5.90. The van der Waals surface area contributed by atoms with E-state index in [9.17, 15) is 0 Å². The smallest absolute Gasteiger partial charge is 0.254 e. The van der Waals surface area contributed by atoms with Gasteiger partial charge in [-0.15, -0.1) is 0 Å². The molecule has 0 aliphatic rings. The number of nitrogens with two attached hydrogens (primary N) is 1. The summed E-state index contributed by atoms with van der Waals surface area (Å²) in [6.45, 7) is 0.0916. The minimum atomic E-state index is 0.0916. The van der Waals surface area contributed by atoms with Crippen molar-refractivity contribution in [3.63, 3.8) is 0 Å². The first kappa shape index (κ1) is 12.3. The van der Waals surface area contributed by atoms with Crippen LogP contribution in [0.4, 0.5) is 0 Å². The van der Waals surface area contributed by atoms with Crippen LogP contribution >= 0.6 is 23.2 Å². The molecule has 0 amide bonds. The summed E-state index contributed by atoms with van der Waals surface area (Å²) in [5.74, 6) is 5.77. The maximum Gasteiger partial charge on any atom is 0.254 e. The highest BCUT2D eigenvalue weighted by atomic mass is 35.5. The van der Waals surface area contributed by atoms with Crippen LogP contribution in [-0.2, 0) is 17.9 Å². The van der Waals surface area contributed by atoms with Crippen LogP contribution in [0, 0.1) is 0 Å². The maximum absolute atomic E-state index is 5.90. The van der Waals surface area contributed by atoms with Crippen LogP contribution in [0.3, 0.4) is 0 Å². The van der Waals surface area contributed by atoms with E-state index in [-0.39, 0.29) is 6.61 Å². The highest BCUT2D eigenvalue weighted by molar-refractivity contribution is 6.42. The van der Waals surface area contributed by atoms with Crippen molar-refractivity contribution < 1.29 is 9.36 Å². The van der Waals surface area contributed by atoms with E-state index in [0.717, 1.165) is 5.56 Å². The topological polar surface area (TPSA) is 74.2 Å². The molecule has 90 valence electrons. The number of halogens is 2. The fraction of sp³-hybridized carbons (Fsp3) is 0.200. The standard InChI is InChI=1S/C10H9Cl2N3O2/c11-7-2-1-6(3-8(7)12)4-9-14-10(5-16-13)17-15-9/h1-3H,4-5,13H2. The van der Waals surface area contributed by atoms with Gasteiger partial charge in [0.05, 0.1) is 10.0 Å². The first-order chi connectivity index (χ1) is 8.19. The molecule has 0 fully saturated rings. The van der Waals surface area contributed by atoms with E-state index in [4.69, 9.17) is 33.6 Å². The summed E-state index contributed by atoms with van der Waals surface area (Å²) < 4.78 is 4.91. The van der Waals surface area contributed by atoms with E-state index in [0.29, 0.717) is 28.2 Å². The molecule has 0 radical (unpaired) electrons. The molecule has 2 rings (SSSR count). The van der Waals surface area contributed by atoms with Crippen molar-refractivity contribution in [2.75, 3.05) is 0 Å². The van der Waals surface area contributed by atoms with Crippen molar-refractivity contribution in [3.8, 4) is 0 Å². The summed E-state index contributed by atoms with van der Waals surface area (Å²) in [6, 6.07) is 5.34. The summed E-state index contributed by atoms with van der Waals surface area (Å²) in [5, 5.41) is 4.80. The lowest BCUT2D eigenvalue weighted by Gasteiger charge is -1.99. The van der Waals surface area contributed by atoms with Crippen LogP contribution in [0.15, 0.2) is 22.7 Å². The van der Waals surface area contributed by atoms with Gasteiger partial charge in [-0.3, -0.25) is 4.84 Å². The summed E-state index contributed by atoms with van der Waals surface area (Å²) in [7, 11) is 0. The molecule has 17 heavy (non-hydrogen) atoms. The molecule has 0 saturated carbocycles. The van der Waals surface area contributed by atoms with Crippen LogP contribution in [0.1, 0.15) is 17.3 Å². The lowest BCUT2D eigenvalue weighted by molar-refractivity contribution is 0.0995. The lowest BCUT2D eigenvalue weighted by Crippen LogP contribution is -1.99. The largest absolute Gasteiger partial charge is 0.337 e. The number of hydrogen-bond acceptors (Lipinski definition) is 5. The summed E-state index contributed by atoms with van der Waals surface area (Å²) >= 11 is 11.7. The molecule has 0 aliphatic heterocycles. The molecule has 1 aromatic heterocycles. The zero-order valence-corrected chi connectivity index (χ0v) is 10.2. The van der Waals surface area contributed by atoms with E-state index in [1.165, 1.54) is 0 Å². The number of aromatic nitrogens is 2. The van der Waals surface area contributed by atoms with Crippen molar-refractivity contribution in [1.82, 2.24) is 10.1 Å². The molecule has 5 nitrogen and oxygen atoms in total. The van der Waals surface area contributed by atoms with Gasteiger partial charge in [-0.25, -0.2) is 5.90 Å². The second-order valence-electron chi connectivity index (χ2n) is 3.34. The van der Waals surface area contributed by atoms with Gasteiger partial charge in [0, 0.05) is 6.42 Å². The van der Waals surface area contributed by atoms with E-state index in [2.05, 4.69) is 15.0 Å². The van der Waals surface area contributed by atoms with Gasteiger partial charge in [0.1, 0.15) is 6.61 Å². The fourth-order valence-electron chi connectivity index (χ4n) is 1.32. The SMILES string of the molecule is NOCc1nc(Cc2ccc(Cl)c(Cl)c2)no1. The van der Waals surface area contributed by atoms with Gasteiger partial charge in [0.15, 0.2) is 5.82 Å². The average molecular weight is 274 g/mol. The third-order valence-electron chi connectivity index (χ3n) is 2.06. The Kier molecular flexibility index (Phi) is 3.96. The Hall–Kier alpha value is -1.14. The number of hydrogen-bond donors (Lipinski definition) is 1. The number of benzene rings is 1. The number of rotatable bonds is 4. The molecule has 0 aliphatic carbocycles. The minimum Gasteiger partial charge on any atom is -0.337 e. The van der Waals surface area contributed by atoms with E-state index in [1.54, 1.807) is 12.1 Å². The molecule has 0 atom stereocenters. The van der Waals surface area contributed by atoms with Crippen molar-refractivity contribution in [1.29, 1.82) is 0 Å². The Balaban J connectivity index is 2.11. The van der Waals surface area contributed by atoms with Gasteiger partial charge in [0.2, 0.25) is 0 Å². The molecular weight excluding hydrogens is 265 g/mol. The highest BCUT2D eigenvalue weighted by Crippen LogP contribution is 2.23. The van der Waals surface area contributed by atoms with E-state index >= 15 is 0 Å². The predicted molar refractivity (Wildman–Crippen MR) is 62.5 cm³/mol. The van der Waals surface area contributed by atoms with E-state index in [1.807, 2.05) is 6.07 Å². The van der Waals surface area contributed by atoms with Crippen LogP contribution in [0.5, 0.6) is 0 Å². The van der Waals surface area contributed by atoms with Gasteiger partial charge in [0.25, 0.3) is 5.89 Å². The van der Waals surface area contributed by atoms with Crippen molar-refractivity contribution >= 4 is 23.2 Å². The third-order valence-corrected chi connectivity index (χ3v) is 2.80. The fourth-order valence-corrected chi connectivity index (χ4v) is 1.64. The Labute approximate surface area is 107 Å². The molecule has 0 unspecified atom stereocenters. The van der Waals surface area contributed by atoms with Gasteiger partial charge < -0.3 is 4.52 Å². The van der Waals surface area contributed by atoms with Gasteiger partial charge in [-0.2, -0.15) is 4.98 Å². The Bertz CT molecular complexity index is 516. The Morgan fingerprint density at radius 2 is 2.12 bits per heavy atom. The minimum absolute atomic E-state index is 0.0916. The first-order valence-corrected chi connectivity index (χ1v) is 5.51. The highest BCUT2D eigenvalue weighted by Gasteiger charge is 2.08. The number of nitrogens with zero attached hydrogens (tertiary/aromatic N) is 2. The van der Waals surface area contributed by atoms with Crippen LogP contribution in [0.25, 0.3) is 0 Å². The predicted octanol–water partition coefficient (Wildman–Crippen LogP) is 2.36. The van der Waals surface area contributed by atoms with E-state index < -0.39 is 0 Å². The monoisotopic (exact) mass is 273 g/mol. The molecule has 0 saturated heterocycles. The van der Waals surface area contributed by atoms with Crippen molar-refractivity contribution in [3.05, 3.63) is 45.5 Å². The van der Waals surface area contributed by atoms with Gasteiger partial charge >= 0.3 is 0 Å². The molecule has 0 spiro atoms. The van der Waals surface area contributed by atoms with Crippen LogP contribution in [0.2, 0.25) is 10.0 Å². The Morgan fingerprint density at radius 3 is 2.82 bits per heavy atom.